The van der Waals surface area contributed by atoms with Crippen molar-refractivity contribution in [2.24, 2.45) is 4.40 Å². The van der Waals surface area contributed by atoms with Gasteiger partial charge >= 0.3 is 29.6 Å². The van der Waals surface area contributed by atoms with Gasteiger partial charge in [-0.2, -0.15) is 12.8 Å². The first-order valence-electron chi connectivity index (χ1n) is 5.94. The van der Waals surface area contributed by atoms with Crippen LogP contribution in [0.3, 0.4) is 0 Å². The topological polar surface area (TPSA) is 82.5 Å². The number of rotatable bonds is 4. The molecule has 0 saturated heterocycles. The molecule has 1 heterocycles. The zero-order valence-corrected chi connectivity index (χ0v) is 15.6. The summed E-state index contributed by atoms with van der Waals surface area (Å²) in [5, 5.41) is 12.3. The van der Waals surface area contributed by atoms with Crippen LogP contribution < -0.4 is 34.7 Å². The van der Waals surface area contributed by atoms with Crippen LogP contribution in [0, 0.1) is 5.82 Å². The summed E-state index contributed by atoms with van der Waals surface area (Å²) in [5.74, 6) is -1.71. The molecule has 0 fully saturated rings. The first kappa shape index (κ1) is 19.8. The van der Waals surface area contributed by atoms with Gasteiger partial charge < -0.3 is 5.11 Å². The molecule has 0 aliphatic heterocycles. The fourth-order valence-electron chi connectivity index (χ4n) is 1.49. The minimum Gasteiger partial charge on any atom is -0.858 e. The number of sulfonamides is 1. The van der Waals surface area contributed by atoms with Gasteiger partial charge in [-0.1, -0.05) is 17.7 Å². The third-order valence-electron chi connectivity index (χ3n) is 2.47. The van der Waals surface area contributed by atoms with E-state index in [0.29, 0.717) is 5.69 Å². The summed E-state index contributed by atoms with van der Waals surface area (Å²) in [4.78, 5) is 3.90. The third-order valence-corrected chi connectivity index (χ3v) is 3.68. The quantitative estimate of drug-likeness (QED) is 0.396. The van der Waals surface area contributed by atoms with Crippen LogP contribution in [-0.2, 0) is 10.0 Å². The van der Waals surface area contributed by atoms with Gasteiger partial charge in [0.1, 0.15) is 5.82 Å². The SMILES string of the molecule is O=S(=O)(/C=C/c1ccccn1)/N=C(\[O-])c1ccc(F)cc1Cl.[Na+]. The Morgan fingerprint density at radius 3 is 2.65 bits per heavy atom. The third kappa shape index (κ3) is 6.04. The molecule has 0 saturated carbocycles. The van der Waals surface area contributed by atoms with Gasteiger partial charge in [0, 0.05) is 17.7 Å². The van der Waals surface area contributed by atoms with E-state index in [1.165, 1.54) is 12.3 Å². The van der Waals surface area contributed by atoms with Crippen LogP contribution >= 0.6 is 11.6 Å². The summed E-state index contributed by atoms with van der Waals surface area (Å²) in [6.45, 7) is 0. The normalized spacial score (nSPS) is 12.2. The zero-order chi connectivity index (χ0) is 16.2. The van der Waals surface area contributed by atoms with Crippen LogP contribution in [0.1, 0.15) is 11.3 Å². The minimum absolute atomic E-state index is 0. The standard InChI is InChI=1S/C14H10ClFN2O3S.Na/c15-13-9-10(16)4-5-12(13)14(19)18-22(20,21)8-6-11-3-1-2-7-17-11;/h1-9H,(H,18,19);/q;+1/p-1/b8-6+;. The van der Waals surface area contributed by atoms with E-state index in [4.69, 9.17) is 11.6 Å². The largest absolute Gasteiger partial charge is 1.00 e. The van der Waals surface area contributed by atoms with Gasteiger partial charge in [-0.15, -0.1) is 0 Å². The van der Waals surface area contributed by atoms with Gasteiger partial charge in [0.25, 0.3) is 10.0 Å². The number of aromatic nitrogens is 1. The zero-order valence-electron chi connectivity index (χ0n) is 12.0. The number of hydrogen-bond acceptors (Lipinski definition) is 4. The van der Waals surface area contributed by atoms with Gasteiger partial charge in [-0.3, -0.25) is 4.98 Å². The molecular formula is C14H9ClFN2NaO3S. The predicted molar refractivity (Wildman–Crippen MR) is 80.1 cm³/mol. The summed E-state index contributed by atoms with van der Waals surface area (Å²) in [6, 6.07) is 7.91. The monoisotopic (exact) mass is 362 g/mol. The van der Waals surface area contributed by atoms with Crippen LogP contribution in [0.5, 0.6) is 0 Å². The van der Waals surface area contributed by atoms with Gasteiger partial charge in [-0.25, -0.2) is 4.39 Å². The summed E-state index contributed by atoms with van der Waals surface area (Å²) in [6.07, 6.45) is 2.70. The summed E-state index contributed by atoms with van der Waals surface area (Å²) in [7, 11) is -4.15. The first-order valence-corrected chi connectivity index (χ1v) is 7.82. The van der Waals surface area contributed by atoms with E-state index in [9.17, 15) is 17.9 Å². The predicted octanol–water partition coefficient (Wildman–Crippen LogP) is -1.01. The Bertz CT molecular complexity index is 842. The summed E-state index contributed by atoms with van der Waals surface area (Å²) >= 11 is 5.68. The van der Waals surface area contributed by atoms with E-state index in [1.807, 2.05) is 0 Å². The molecule has 0 unspecified atom stereocenters. The van der Waals surface area contributed by atoms with Crippen molar-refractivity contribution in [1.82, 2.24) is 4.98 Å². The van der Waals surface area contributed by atoms with Crippen molar-refractivity contribution in [2.75, 3.05) is 0 Å². The van der Waals surface area contributed by atoms with Crippen molar-refractivity contribution in [3.05, 3.63) is 70.1 Å². The molecule has 9 heteroatoms. The average Bonchev–Trinajstić information content (AvgIpc) is 2.45. The Morgan fingerprint density at radius 2 is 2.04 bits per heavy atom. The van der Waals surface area contributed by atoms with Gasteiger partial charge in [0.05, 0.1) is 16.1 Å². The van der Waals surface area contributed by atoms with Crippen molar-refractivity contribution < 1.29 is 47.5 Å². The molecule has 0 atom stereocenters. The number of pyridine rings is 1. The Morgan fingerprint density at radius 1 is 1.30 bits per heavy atom. The molecule has 0 bridgehead atoms. The molecule has 114 valence electrons. The second-order valence-electron chi connectivity index (χ2n) is 4.09. The Hall–Kier alpha value is -1.25. The van der Waals surface area contributed by atoms with E-state index in [0.717, 1.165) is 23.6 Å². The molecule has 0 aliphatic carbocycles. The van der Waals surface area contributed by atoms with E-state index in [-0.39, 0.29) is 40.1 Å². The molecule has 0 spiro atoms. The molecule has 2 aromatic rings. The van der Waals surface area contributed by atoms with Crippen molar-refractivity contribution in [1.29, 1.82) is 0 Å². The minimum atomic E-state index is -4.15. The molecule has 1 aromatic carbocycles. The van der Waals surface area contributed by atoms with Crippen LogP contribution in [-0.4, -0.2) is 19.3 Å². The van der Waals surface area contributed by atoms with Crippen LogP contribution in [0.25, 0.3) is 6.08 Å². The molecule has 0 N–H and O–H groups in total. The van der Waals surface area contributed by atoms with Crippen LogP contribution in [0.4, 0.5) is 4.39 Å². The Labute approximate surface area is 159 Å². The second kappa shape index (κ2) is 8.56. The maximum atomic E-state index is 12.9. The van der Waals surface area contributed by atoms with Crippen molar-refractivity contribution in [3.8, 4) is 0 Å². The van der Waals surface area contributed by atoms with Crippen molar-refractivity contribution in [3.63, 3.8) is 0 Å². The fourth-order valence-corrected chi connectivity index (χ4v) is 2.44. The number of nitrogens with zero attached hydrogens (tertiary/aromatic N) is 2. The number of hydrogen-bond donors (Lipinski definition) is 0. The van der Waals surface area contributed by atoms with E-state index < -0.39 is 21.7 Å². The van der Waals surface area contributed by atoms with E-state index in [2.05, 4.69) is 9.38 Å². The van der Waals surface area contributed by atoms with Crippen molar-refractivity contribution >= 4 is 33.6 Å². The number of benzene rings is 1. The molecule has 0 radical (unpaired) electrons. The molecule has 1 aromatic heterocycles. The molecule has 5 nitrogen and oxygen atoms in total. The van der Waals surface area contributed by atoms with Gasteiger partial charge in [0.15, 0.2) is 0 Å². The van der Waals surface area contributed by atoms with Crippen LogP contribution in [0.2, 0.25) is 5.02 Å². The smallest absolute Gasteiger partial charge is 0.858 e. The molecule has 0 aliphatic rings. The fraction of sp³-hybridized carbons (Fsp3) is 0. The van der Waals surface area contributed by atoms with E-state index in [1.54, 1.807) is 18.2 Å². The van der Waals surface area contributed by atoms with Crippen molar-refractivity contribution in [2.45, 2.75) is 0 Å². The Kier molecular flexibility index (Phi) is 7.37. The summed E-state index contributed by atoms with van der Waals surface area (Å²) < 4.78 is 39.5. The van der Waals surface area contributed by atoms with Crippen LogP contribution in [0.15, 0.2) is 52.4 Å². The average molecular weight is 363 g/mol. The Balaban J connectivity index is 0.00000264. The first-order chi connectivity index (χ1) is 10.4. The maximum absolute atomic E-state index is 12.9. The molecule has 0 amide bonds. The number of halogens is 2. The maximum Gasteiger partial charge on any atom is 1.00 e. The molecule has 2 rings (SSSR count). The van der Waals surface area contributed by atoms with Gasteiger partial charge in [0.2, 0.25) is 0 Å². The summed E-state index contributed by atoms with van der Waals surface area (Å²) in [5.41, 5.74) is 0.200. The second-order valence-corrected chi connectivity index (χ2v) is 5.98. The van der Waals surface area contributed by atoms with Gasteiger partial charge in [-0.05, 0) is 36.4 Å². The molecule has 23 heavy (non-hydrogen) atoms. The molecular weight excluding hydrogens is 354 g/mol. The van der Waals surface area contributed by atoms with E-state index >= 15 is 0 Å².